The van der Waals surface area contributed by atoms with E-state index >= 15 is 0 Å². The summed E-state index contributed by atoms with van der Waals surface area (Å²) in [4.78, 5) is 0. The third-order valence-corrected chi connectivity index (χ3v) is 2.82. The quantitative estimate of drug-likeness (QED) is 0.575. The molecule has 0 bridgehead atoms. The van der Waals surface area contributed by atoms with Crippen molar-refractivity contribution >= 4 is 18.1 Å². The van der Waals surface area contributed by atoms with Gasteiger partial charge in [0.2, 0.25) is 0 Å². The molecule has 0 spiro atoms. The molecule has 3 rings (SSSR count). The Morgan fingerprint density at radius 3 is 2.47 bits per heavy atom. The van der Waals surface area contributed by atoms with Crippen LogP contribution in [0.3, 0.4) is 0 Å². The Balaban J connectivity index is 0.000000853. The molecule has 1 nitrogen and oxygen atoms in total. The lowest BCUT2D eigenvalue weighted by Crippen LogP contribution is -1.86. The van der Waals surface area contributed by atoms with E-state index in [1.165, 1.54) is 22.3 Å². The zero-order chi connectivity index (χ0) is 9.54. The number of hydrogen-bond donors (Lipinski definition) is 1. The van der Waals surface area contributed by atoms with Crippen molar-refractivity contribution in [2.24, 2.45) is 0 Å². The summed E-state index contributed by atoms with van der Waals surface area (Å²) in [5.41, 5.74) is 12.1. The van der Waals surface area contributed by atoms with Crippen molar-refractivity contribution in [3.05, 3.63) is 53.6 Å². The Hall–Kier alpha value is -1.47. The van der Waals surface area contributed by atoms with Crippen LogP contribution in [0.25, 0.3) is 11.1 Å². The average Bonchev–Trinajstić information content (AvgIpc) is 2.56. The second-order valence-corrected chi connectivity index (χ2v) is 3.75. The second kappa shape index (κ2) is 3.59. The average molecular weight is 218 g/mol. The van der Waals surface area contributed by atoms with Gasteiger partial charge in [-0.1, -0.05) is 30.3 Å². The molecule has 0 aliphatic heterocycles. The van der Waals surface area contributed by atoms with E-state index in [1.54, 1.807) is 0 Å². The minimum Gasteiger partial charge on any atom is -0.399 e. The van der Waals surface area contributed by atoms with Crippen molar-refractivity contribution in [1.29, 1.82) is 0 Å². The van der Waals surface area contributed by atoms with Crippen LogP contribution in [0.15, 0.2) is 42.5 Å². The van der Waals surface area contributed by atoms with Crippen molar-refractivity contribution in [2.75, 3.05) is 5.73 Å². The number of nitrogens with two attached hydrogens (primary N) is 1. The largest absolute Gasteiger partial charge is 0.399 e. The summed E-state index contributed by atoms with van der Waals surface area (Å²) in [7, 11) is 0. The molecule has 2 aromatic rings. The summed E-state index contributed by atoms with van der Waals surface area (Å²) in [6, 6.07) is 14.7. The molecule has 1 aliphatic carbocycles. The van der Waals surface area contributed by atoms with E-state index in [4.69, 9.17) is 5.73 Å². The van der Waals surface area contributed by atoms with E-state index in [-0.39, 0.29) is 12.4 Å². The van der Waals surface area contributed by atoms with Gasteiger partial charge in [0.1, 0.15) is 0 Å². The fourth-order valence-electron chi connectivity index (χ4n) is 2.14. The Morgan fingerprint density at radius 2 is 1.60 bits per heavy atom. The van der Waals surface area contributed by atoms with Crippen molar-refractivity contribution < 1.29 is 0 Å². The van der Waals surface area contributed by atoms with E-state index in [2.05, 4.69) is 36.4 Å². The van der Waals surface area contributed by atoms with Crippen LogP contribution in [0.5, 0.6) is 0 Å². The van der Waals surface area contributed by atoms with Crippen LogP contribution in [0.1, 0.15) is 11.1 Å². The van der Waals surface area contributed by atoms with Crippen molar-refractivity contribution in [1.82, 2.24) is 0 Å². The van der Waals surface area contributed by atoms with Gasteiger partial charge in [0.15, 0.2) is 0 Å². The molecule has 0 saturated heterocycles. The topological polar surface area (TPSA) is 26.0 Å². The molecule has 1 aliphatic rings. The number of nitrogen functional groups attached to an aromatic ring is 1. The lowest BCUT2D eigenvalue weighted by atomic mass is 10.1. The van der Waals surface area contributed by atoms with E-state index < -0.39 is 0 Å². The van der Waals surface area contributed by atoms with E-state index in [0.29, 0.717) is 0 Å². The summed E-state index contributed by atoms with van der Waals surface area (Å²) in [5, 5.41) is 0. The van der Waals surface area contributed by atoms with Crippen LogP contribution in [0.2, 0.25) is 0 Å². The molecule has 0 atom stereocenters. The first-order valence-corrected chi connectivity index (χ1v) is 4.81. The maximum atomic E-state index is 5.79. The number of hydrogen-bond acceptors (Lipinski definition) is 1. The van der Waals surface area contributed by atoms with E-state index in [1.807, 2.05) is 6.07 Å². The van der Waals surface area contributed by atoms with Crippen LogP contribution in [0, 0.1) is 0 Å². The monoisotopic (exact) mass is 217 g/mol. The second-order valence-electron chi connectivity index (χ2n) is 3.75. The van der Waals surface area contributed by atoms with Crippen molar-refractivity contribution in [3.63, 3.8) is 0 Å². The molecule has 0 unspecified atom stereocenters. The number of rotatable bonds is 0. The molecular formula is C13H12ClN. The Kier molecular flexibility index (Phi) is 2.41. The van der Waals surface area contributed by atoms with Crippen LogP contribution in [-0.4, -0.2) is 0 Å². The Morgan fingerprint density at radius 1 is 0.867 bits per heavy atom. The molecule has 0 saturated carbocycles. The Bertz CT molecular complexity index is 506. The molecule has 2 aromatic carbocycles. The smallest absolute Gasteiger partial charge is 0.0320 e. The standard InChI is InChI=1S/C13H11N.ClH/c14-11-6-5-10-7-9-3-1-2-4-12(9)13(10)8-11;/h1-6,8H,7,14H2;1H. The first kappa shape index (κ1) is 10.1. The summed E-state index contributed by atoms with van der Waals surface area (Å²) in [5.74, 6) is 0. The zero-order valence-corrected chi connectivity index (χ0v) is 9.05. The van der Waals surface area contributed by atoms with Crippen LogP contribution >= 0.6 is 12.4 Å². The summed E-state index contributed by atoms with van der Waals surface area (Å²) in [6.07, 6.45) is 1.05. The third kappa shape index (κ3) is 1.49. The third-order valence-electron chi connectivity index (χ3n) is 2.82. The number of benzene rings is 2. The highest BCUT2D eigenvalue weighted by atomic mass is 35.5. The first-order valence-electron chi connectivity index (χ1n) is 4.81. The number of halogens is 1. The number of anilines is 1. The van der Waals surface area contributed by atoms with Gasteiger partial charge in [-0.25, -0.2) is 0 Å². The normalized spacial score (nSPS) is 11.5. The predicted molar refractivity (Wildman–Crippen MR) is 66.3 cm³/mol. The number of fused-ring (bicyclic) bond motifs is 3. The van der Waals surface area contributed by atoms with Crippen molar-refractivity contribution in [2.45, 2.75) is 6.42 Å². The highest BCUT2D eigenvalue weighted by molar-refractivity contribution is 5.85. The van der Waals surface area contributed by atoms with Gasteiger partial charge in [-0.3, -0.25) is 0 Å². The molecule has 2 heteroatoms. The fourth-order valence-corrected chi connectivity index (χ4v) is 2.14. The molecule has 0 fully saturated rings. The molecule has 0 heterocycles. The molecule has 15 heavy (non-hydrogen) atoms. The van der Waals surface area contributed by atoms with Crippen molar-refractivity contribution in [3.8, 4) is 11.1 Å². The predicted octanol–water partition coefficient (Wildman–Crippen LogP) is 3.26. The minimum absolute atomic E-state index is 0. The maximum Gasteiger partial charge on any atom is 0.0320 e. The van der Waals surface area contributed by atoms with Gasteiger partial charge in [0, 0.05) is 5.69 Å². The fraction of sp³-hybridized carbons (Fsp3) is 0.0769. The van der Waals surface area contributed by atoms with Gasteiger partial charge in [0.25, 0.3) is 0 Å². The molecule has 0 radical (unpaired) electrons. The first-order chi connectivity index (χ1) is 6.84. The summed E-state index contributed by atoms with van der Waals surface area (Å²) >= 11 is 0. The van der Waals surface area contributed by atoms with Gasteiger partial charge in [-0.2, -0.15) is 0 Å². The molecule has 0 amide bonds. The maximum absolute atomic E-state index is 5.79. The lowest BCUT2D eigenvalue weighted by Gasteiger charge is -2.01. The zero-order valence-electron chi connectivity index (χ0n) is 8.23. The van der Waals surface area contributed by atoms with Crippen LogP contribution in [0.4, 0.5) is 5.69 Å². The highest BCUT2D eigenvalue weighted by Crippen LogP contribution is 2.37. The summed E-state index contributed by atoms with van der Waals surface area (Å²) < 4.78 is 0. The van der Waals surface area contributed by atoms with Gasteiger partial charge >= 0.3 is 0 Å². The SMILES string of the molecule is Cl.Nc1ccc2c(c1)-c1ccccc1C2. The van der Waals surface area contributed by atoms with Gasteiger partial charge in [-0.15, -0.1) is 12.4 Å². The van der Waals surface area contributed by atoms with Gasteiger partial charge in [-0.05, 0) is 40.8 Å². The van der Waals surface area contributed by atoms with Crippen LogP contribution in [-0.2, 0) is 6.42 Å². The molecular weight excluding hydrogens is 206 g/mol. The Labute approximate surface area is 95.3 Å². The summed E-state index contributed by atoms with van der Waals surface area (Å²) in [6.45, 7) is 0. The van der Waals surface area contributed by atoms with E-state index in [9.17, 15) is 0 Å². The van der Waals surface area contributed by atoms with Gasteiger partial charge < -0.3 is 5.73 Å². The minimum atomic E-state index is 0. The van der Waals surface area contributed by atoms with Crippen LogP contribution < -0.4 is 5.73 Å². The lowest BCUT2D eigenvalue weighted by molar-refractivity contribution is 1.26. The molecule has 2 N–H and O–H groups in total. The molecule has 0 aromatic heterocycles. The molecule has 76 valence electrons. The van der Waals surface area contributed by atoms with E-state index in [0.717, 1.165) is 12.1 Å². The van der Waals surface area contributed by atoms with Gasteiger partial charge in [0.05, 0.1) is 0 Å². The highest BCUT2D eigenvalue weighted by Gasteiger charge is 2.16.